The number of aryl methyl sites for hydroxylation is 2. The molecule has 0 radical (unpaired) electrons. The van der Waals surface area contributed by atoms with Crippen LogP contribution in [0.1, 0.15) is 16.7 Å². The first-order valence-electron chi connectivity index (χ1n) is 7.90. The van der Waals surface area contributed by atoms with Gasteiger partial charge in [-0.3, -0.25) is 9.10 Å². The smallest absolute Gasteiger partial charge is 0.260 e. The van der Waals surface area contributed by atoms with E-state index in [4.69, 9.17) is 23.2 Å². The number of carbonyl (C=O) groups is 1. The summed E-state index contributed by atoms with van der Waals surface area (Å²) in [5.74, 6) is -0.572. The number of sulfonamides is 1. The number of hydrogen-bond acceptors (Lipinski definition) is 4. The Morgan fingerprint density at radius 3 is 2.48 bits per heavy atom. The summed E-state index contributed by atoms with van der Waals surface area (Å²) in [6, 6.07) is 10.3. The molecule has 27 heavy (non-hydrogen) atoms. The molecule has 0 bridgehead atoms. The number of benzene rings is 2. The minimum absolute atomic E-state index is 0.366. The third kappa shape index (κ3) is 5.95. The summed E-state index contributed by atoms with van der Waals surface area (Å²) in [5, 5.41) is 4.61. The van der Waals surface area contributed by atoms with Crippen LogP contribution >= 0.6 is 23.2 Å². The molecular formula is C18H19Cl2N3O3S. The summed E-state index contributed by atoms with van der Waals surface area (Å²) >= 11 is 11.8. The molecule has 144 valence electrons. The van der Waals surface area contributed by atoms with Gasteiger partial charge in [-0.1, -0.05) is 41.4 Å². The fraction of sp³-hybridized carbons (Fsp3) is 0.222. The molecule has 2 rings (SSSR count). The zero-order chi connectivity index (χ0) is 20.2. The first-order valence-corrected chi connectivity index (χ1v) is 10.5. The van der Waals surface area contributed by atoms with Gasteiger partial charge < -0.3 is 0 Å². The van der Waals surface area contributed by atoms with Crippen molar-refractivity contribution in [2.45, 2.75) is 13.8 Å². The van der Waals surface area contributed by atoms with E-state index >= 15 is 0 Å². The first kappa shape index (κ1) is 21.2. The van der Waals surface area contributed by atoms with E-state index in [2.05, 4.69) is 10.5 Å². The molecule has 0 fully saturated rings. The Morgan fingerprint density at radius 2 is 1.85 bits per heavy atom. The molecule has 9 heteroatoms. The number of rotatable bonds is 6. The quantitative estimate of drug-likeness (QED) is 0.565. The molecule has 6 nitrogen and oxygen atoms in total. The molecule has 2 aromatic rings. The fourth-order valence-corrected chi connectivity index (χ4v) is 3.52. The van der Waals surface area contributed by atoms with Gasteiger partial charge in [-0.2, -0.15) is 5.10 Å². The van der Waals surface area contributed by atoms with Crippen molar-refractivity contribution in [1.29, 1.82) is 0 Å². The van der Waals surface area contributed by atoms with Gasteiger partial charge in [-0.05, 0) is 48.7 Å². The Kier molecular flexibility index (Phi) is 6.86. The minimum atomic E-state index is -3.65. The average Bonchev–Trinajstić information content (AvgIpc) is 2.57. The van der Waals surface area contributed by atoms with Crippen molar-refractivity contribution >= 4 is 51.0 Å². The van der Waals surface area contributed by atoms with Gasteiger partial charge in [0, 0.05) is 0 Å². The van der Waals surface area contributed by atoms with Crippen LogP contribution in [-0.4, -0.2) is 33.3 Å². The molecule has 0 aliphatic rings. The summed E-state index contributed by atoms with van der Waals surface area (Å²) in [4.78, 5) is 12.2. The average molecular weight is 428 g/mol. The topological polar surface area (TPSA) is 78.8 Å². The van der Waals surface area contributed by atoms with E-state index < -0.39 is 15.9 Å². The van der Waals surface area contributed by atoms with Crippen molar-refractivity contribution < 1.29 is 13.2 Å². The summed E-state index contributed by atoms with van der Waals surface area (Å²) < 4.78 is 25.4. The molecule has 0 aromatic heterocycles. The molecule has 0 heterocycles. The zero-order valence-corrected chi connectivity index (χ0v) is 17.4. The van der Waals surface area contributed by atoms with E-state index in [-0.39, 0.29) is 6.54 Å². The van der Waals surface area contributed by atoms with Crippen molar-refractivity contribution in [1.82, 2.24) is 5.43 Å². The Morgan fingerprint density at radius 1 is 1.15 bits per heavy atom. The highest BCUT2D eigenvalue weighted by atomic mass is 35.5. The van der Waals surface area contributed by atoms with Crippen LogP contribution in [0.4, 0.5) is 5.69 Å². The van der Waals surface area contributed by atoms with E-state index in [1.807, 2.05) is 19.1 Å². The number of hydrogen-bond donors (Lipinski definition) is 1. The van der Waals surface area contributed by atoms with Crippen LogP contribution in [0, 0.1) is 13.8 Å². The van der Waals surface area contributed by atoms with Crippen molar-refractivity contribution in [3.05, 3.63) is 63.1 Å². The lowest BCUT2D eigenvalue weighted by molar-refractivity contribution is -0.119. The molecule has 0 aliphatic heterocycles. The van der Waals surface area contributed by atoms with E-state index in [9.17, 15) is 13.2 Å². The molecule has 1 amide bonds. The SMILES string of the molecule is Cc1ccc(C)c(N(CC(=O)N/N=C\c2ccc(Cl)c(Cl)c2)S(C)(=O)=O)c1. The van der Waals surface area contributed by atoms with Gasteiger partial charge in [0.15, 0.2) is 0 Å². The maximum atomic E-state index is 12.2. The summed E-state index contributed by atoms with van der Waals surface area (Å²) in [7, 11) is -3.65. The first-order chi connectivity index (χ1) is 12.6. The van der Waals surface area contributed by atoms with Crippen LogP contribution in [-0.2, 0) is 14.8 Å². The monoisotopic (exact) mass is 427 g/mol. The maximum Gasteiger partial charge on any atom is 0.260 e. The third-order valence-electron chi connectivity index (χ3n) is 3.67. The minimum Gasteiger partial charge on any atom is -0.271 e. The second-order valence-corrected chi connectivity index (χ2v) is 8.75. The van der Waals surface area contributed by atoms with Crippen LogP contribution in [0.25, 0.3) is 0 Å². The van der Waals surface area contributed by atoms with Crippen LogP contribution < -0.4 is 9.73 Å². The van der Waals surface area contributed by atoms with Crippen molar-refractivity contribution in [3.63, 3.8) is 0 Å². The Hall–Kier alpha value is -2.09. The number of nitrogens with one attached hydrogen (secondary N) is 1. The van der Waals surface area contributed by atoms with Gasteiger partial charge >= 0.3 is 0 Å². The van der Waals surface area contributed by atoms with Crippen LogP contribution in [0.15, 0.2) is 41.5 Å². The lowest BCUT2D eigenvalue weighted by atomic mass is 10.1. The van der Waals surface area contributed by atoms with E-state index in [1.165, 1.54) is 6.21 Å². The maximum absolute atomic E-state index is 12.2. The summed E-state index contributed by atoms with van der Waals surface area (Å²) in [6.07, 6.45) is 2.45. The van der Waals surface area contributed by atoms with Gasteiger partial charge in [-0.25, -0.2) is 13.8 Å². The standard InChI is InChI=1S/C18H19Cl2N3O3S/c1-12-4-5-13(2)17(8-12)23(27(3,25)26)11-18(24)22-21-10-14-6-7-15(19)16(20)9-14/h4-10H,11H2,1-3H3,(H,22,24)/b21-10-. The second-order valence-electron chi connectivity index (χ2n) is 6.03. The predicted molar refractivity (Wildman–Crippen MR) is 110 cm³/mol. The molecule has 0 saturated carbocycles. The van der Waals surface area contributed by atoms with Gasteiger partial charge in [0.2, 0.25) is 10.0 Å². The lowest BCUT2D eigenvalue weighted by Crippen LogP contribution is -2.39. The molecule has 1 N–H and O–H groups in total. The van der Waals surface area contributed by atoms with Crippen molar-refractivity contribution in [2.24, 2.45) is 5.10 Å². The number of nitrogens with zero attached hydrogens (tertiary/aromatic N) is 2. The van der Waals surface area contributed by atoms with E-state index in [0.717, 1.165) is 21.7 Å². The molecule has 2 aromatic carbocycles. The number of hydrazone groups is 1. The normalized spacial score (nSPS) is 11.6. The summed E-state index contributed by atoms with van der Waals surface area (Å²) in [5.41, 5.74) is 5.06. The van der Waals surface area contributed by atoms with Crippen LogP contribution in [0.5, 0.6) is 0 Å². The molecule has 0 atom stereocenters. The highest BCUT2D eigenvalue weighted by Crippen LogP contribution is 2.24. The lowest BCUT2D eigenvalue weighted by Gasteiger charge is -2.23. The zero-order valence-electron chi connectivity index (χ0n) is 15.0. The van der Waals surface area contributed by atoms with E-state index in [0.29, 0.717) is 21.3 Å². The highest BCUT2D eigenvalue weighted by Gasteiger charge is 2.22. The number of amides is 1. The largest absolute Gasteiger partial charge is 0.271 e. The van der Waals surface area contributed by atoms with Gasteiger partial charge in [-0.15, -0.1) is 0 Å². The molecule has 0 unspecified atom stereocenters. The molecule has 0 saturated heterocycles. The number of halogens is 2. The van der Waals surface area contributed by atoms with Gasteiger partial charge in [0.1, 0.15) is 6.54 Å². The van der Waals surface area contributed by atoms with Gasteiger partial charge in [0.25, 0.3) is 5.91 Å². The number of carbonyl (C=O) groups excluding carboxylic acids is 1. The van der Waals surface area contributed by atoms with Crippen molar-refractivity contribution in [3.8, 4) is 0 Å². The summed E-state index contributed by atoms with van der Waals surface area (Å²) in [6.45, 7) is 3.25. The van der Waals surface area contributed by atoms with Crippen LogP contribution in [0.3, 0.4) is 0 Å². The van der Waals surface area contributed by atoms with Gasteiger partial charge in [0.05, 0.1) is 28.2 Å². The van der Waals surface area contributed by atoms with Crippen LogP contribution in [0.2, 0.25) is 10.0 Å². The van der Waals surface area contributed by atoms with Crippen molar-refractivity contribution in [2.75, 3.05) is 17.1 Å². The Balaban J connectivity index is 2.13. The highest BCUT2D eigenvalue weighted by molar-refractivity contribution is 7.92. The third-order valence-corrected chi connectivity index (χ3v) is 5.53. The fourth-order valence-electron chi connectivity index (χ4n) is 2.31. The second kappa shape index (κ2) is 8.73. The predicted octanol–water partition coefficient (Wildman–Crippen LogP) is 3.53. The Bertz CT molecular complexity index is 991. The number of anilines is 1. The molecule has 0 aliphatic carbocycles. The van der Waals surface area contributed by atoms with E-state index in [1.54, 1.807) is 31.2 Å². The Labute approximate surface area is 168 Å². The molecule has 0 spiro atoms. The molecular weight excluding hydrogens is 409 g/mol.